The van der Waals surface area contributed by atoms with E-state index in [4.69, 9.17) is 4.98 Å². The lowest BCUT2D eigenvalue weighted by Crippen LogP contribution is -2.35. The van der Waals surface area contributed by atoms with E-state index in [1.807, 2.05) is 0 Å². The molecule has 1 aromatic carbocycles. The first-order valence-corrected chi connectivity index (χ1v) is 16.9. The van der Waals surface area contributed by atoms with Gasteiger partial charge in [0.1, 0.15) is 23.6 Å². The number of imidazole rings is 1. The summed E-state index contributed by atoms with van der Waals surface area (Å²) < 4.78 is 29.4. The topological polar surface area (TPSA) is 109 Å². The Kier molecular flexibility index (Phi) is 7.57. The highest BCUT2D eigenvalue weighted by atomic mass is 32.2. The van der Waals surface area contributed by atoms with Gasteiger partial charge in [-0.1, -0.05) is 26.8 Å². The van der Waals surface area contributed by atoms with E-state index in [0.29, 0.717) is 31.1 Å². The number of aromatic amines is 1. The Labute approximate surface area is 243 Å². The maximum atomic E-state index is 12.7. The molecule has 9 nitrogen and oxygen atoms in total. The van der Waals surface area contributed by atoms with E-state index in [1.165, 1.54) is 24.7 Å². The van der Waals surface area contributed by atoms with Gasteiger partial charge in [-0.2, -0.15) is 0 Å². The normalized spacial score (nSPS) is 20.0. The molecule has 41 heavy (non-hydrogen) atoms. The summed E-state index contributed by atoms with van der Waals surface area (Å²) in [6.07, 6.45) is 13.0. The van der Waals surface area contributed by atoms with Crippen LogP contribution in [0.3, 0.4) is 0 Å². The molecule has 2 aliphatic rings. The maximum Gasteiger partial charge on any atom is 0.211 e. The molecule has 0 amide bonds. The summed E-state index contributed by atoms with van der Waals surface area (Å²) in [6.45, 7) is 7.77. The van der Waals surface area contributed by atoms with Gasteiger partial charge in [-0.25, -0.2) is 27.7 Å². The molecule has 2 aliphatic carbocycles. The van der Waals surface area contributed by atoms with Crippen LogP contribution >= 0.6 is 0 Å². The molecule has 220 valence electrons. The number of H-pyrrole nitrogens is 1. The number of fused-ring (bicyclic) bond motifs is 2. The number of aromatic nitrogens is 5. The first kappa shape index (κ1) is 28.2. The molecule has 3 heterocycles. The summed E-state index contributed by atoms with van der Waals surface area (Å²) in [7, 11) is -3.28. The zero-order valence-corrected chi connectivity index (χ0v) is 25.5. The lowest BCUT2D eigenvalue weighted by atomic mass is 9.87. The third-order valence-electron chi connectivity index (χ3n) is 8.73. The van der Waals surface area contributed by atoms with Gasteiger partial charge < -0.3 is 14.9 Å². The molecule has 6 rings (SSSR count). The van der Waals surface area contributed by atoms with Crippen LogP contribution in [-0.4, -0.2) is 62.6 Å². The molecule has 0 saturated heterocycles. The van der Waals surface area contributed by atoms with Crippen LogP contribution in [0.5, 0.6) is 0 Å². The van der Waals surface area contributed by atoms with Crippen molar-refractivity contribution in [3.63, 3.8) is 0 Å². The van der Waals surface area contributed by atoms with Gasteiger partial charge in [0.2, 0.25) is 10.0 Å². The van der Waals surface area contributed by atoms with Crippen molar-refractivity contribution in [1.29, 1.82) is 0 Å². The summed E-state index contributed by atoms with van der Waals surface area (Å²) in [5.74, 6) is 2.23. The van der Waals surface area contributed by atoms with Crippen LogP contribution in [-0.2, 0) is 21.9 Å². The lowest BCUT2D eigenvalue weighted by Gasteiger charge is -2.23. The first-order valence-electron chi connectivity index (χ1n) is 15.1. The monoisotopic (exact) mass is 577 g/mol. The van der Waals surface area contributed by atoms with Gasteiger partial charge in [0, 0.05) is 37.8 Å². The summed E-state index contributed by atoms with van der Waals surface area (Å²) in [4.78, 5) is 17.3. The molecule has 0 bridgehead atoms. The molecule has 3 aromatic heterocycles. The summed E-state index contributed by atoms with van der Waals surface area (Å²) in [6, 6.07) is 9.41. The second-order valence-electron chi connectivity index (χ2n) is 13.2. The van der Waals surface area contributed by atoms with Crippen molar-refractivity contribution in [1.82, 2.24) is 28.8 Å². The molecule has 0 spiro atoms. The van der Waals surface area contributed by atoms with E-state index in [9.17, 15) is 8.42 Å². The highest BCUT2D eigenvalue weighted by Crippen LogP contribution is 2.38. The maximum absolute atomic E-state index is 12.7. The molecule has 0 unspecified atom stereocenters. The smallest absolute Gasteiger partial charge is 0.211 e. The SMILES string of the molecule is CC(C)(C)c1ccc2nc(CCCCN(C[C@@H]3CC[C@H](n4ccc5c(NC6CC6)ncnc54)C3)S(C)(=O)=O)[nH]c2c1. The highest BCUT2D eigenvalue weighted by molar-refractivity contribution is 7.88. The second-order valence-corrected chi connectivity index (χ2v) is 15.2. The largest absolute Gasteiger partial charge is 0.367 e. The van der Waals surface area contributed by atoms with Crippen LogP contribution in [0, 0.1) is 5.92 Å². The number of unbranched alkanes of at least 4 members (excludes halogenated alkanes) is 1. The number of hydrogen-bond acceptors (Lipinski definition) is 6. The van der Waals surface area contributed by atoms with E-state index < -0.39 is 10.0 Å². The van der Waals surface area contributed by atoms with E-state index >= 15 is 0 Å². The zero-order chi connectivity index (χ0) is 28.8. The Hall–Kier alpha value is -2.98. The van der Waals surface area contributed by atoms with Crippen LogP contribution in [0.15, 0.2) is 36.8 Å². The summed E-state index contributed by atoms with van der Waals surface area (Å²) in [5.41, 5.74) is 4.40. The number of nitrogens with one attached hydrogen (secondary N) is 2. The fourth-order valence-electron chi connectivity index (χ4n) is 6.18. The number of anilines is 1. The third-order valence-corrected chi connectivity index (χ3v) is 10.0. The predicted molar refractivity (Wildman–Crippen MR) is 165 cm³/mol. The Morgan fingerprint density at radius 2 is 1.93 bits per heavy atom. The molecular weight excluding hydrogens is 534 g/mol. The number of rotatable bonds is 11. The first-order chi connectivity index (χ1) is 19.5. The van der Waals surface area contributed by atoms with Gasteiger partial charge in [0.25, 0.3) is 0 Å². The van der Waals surface area contributed by atoms with E-state index in [2.05, 4.69) is 76.1 Å². The van der Waals surface area contributed by atoms with E-state index in [0.717, 1.165) is 72.2 Å². The Morgan fingerprint density at radius 1 is 1.10 bits per heavy atom. The number of hydrogen-bond donors (Lipinski definition) is 2. The molecule has 4 aromatic rings. The van der Waals surface area contributed by atoms with Crippen LogP contribution in [0.25, 0.3) is 22.1 Å². The molecule has 10 heteroatoms. The number of benzene rings is 1. The number of aryl methyl sites for hydroxylation is 1. The number of nitrogens with zero attached hydrogens (tertiary/aromatic N) is 5. The zero-order valence-electron chi connectivity index (χ0n) is 24.7. The Balaban J connectivity index is 1.04. The molecule has 2 N–H and O–H groups in total. The average Bonchev–Trinajstić information content (AvgIpc) is 3.27. The van der Waals surface area contributed by atoms with Crippen molar-refractivity contribution in [3.05, 3.63) is 48.2 Å². The van der Waals surface area contributed by atoms with Crippen LogP contribution in [0.4, 0.5) is 5.82 Å². The van der Waals surface area contributed by atoms with Gasteiger partial charge in [-0.3, -0.25) is 0 Å². The minimum absolute atomic E-state index is 0.0918. The van der Waals surface area contributed by atoms with Crippen LogP contribution in [0.1, 0.15) is 83.1 Å². The van der Waals surface area contributed by atoms with Gasteiger partial charge in [-0.05, 0) is 80.0 Å². The van der Waals surface area contributed by atoms with Crippen molar-refractivity contribution in [2.75, 3.05) is 24.7 Å². The number of sulfonamides is 1. The van der Waals surface area contributed by atoms with Crippen molar-refractivity contribution in [2.45, 2.75) is 89.6 Å². The van der Waals surface area contributed by atoms with Crippen molar-refractivity contribution < 1.29 is 8.42 Å². The fourth-order valence-corrected chi connectivity index (χ4v) is 7.12. The Bertz CT molecular complexity index is 1630. The van der Waals surface area contributed by atoms with Gasteiger partial charge in [0.05, 0.1) is 22.7 Å². The van der Waals surface area contributed by atoms with E-state index in [-0.39, 0.29) is 5.41 Å². The van der Waals surface area contributed by atoms with Crippen LogP contribution in [0.2, 0.25) is 0 Å². The van der Waals surface area contributed by atoms with Gasteiger partial charge >= 0.3 is 0 Å². The quantitative estimate of drug-likeness (QED) is 0.218. The Morgan fingerprint density at radius 3 is 2.68 bits per heavy atom. The van der Waals surface area contributed by atoms with Crippen molar-refractivity contribution in [2.24, 2.45) is 5.92 Å². The standard InChI is InChI=1S/C31H43N7O2S/c1-31(2,3)22-9-13-26-27(18-22)36-28(35-26)7-5-6-15-37(41(4,39)40)19-21-8-12-24(17-21)38-16-14-25-29(34-23-10-11-23)32-20-33-30(25)38/h9,13-14,16,18,20-21,23-24H,5-8,10-12,15,17,19H2,1-4H3,(H,35,36)(H,32,33,34)/t21-,24+/m1/s1. The molecule has 0 aliphatic heterocycles. The minimum Gasteiger partial charge on any atom is -0.367 e. The van der Waals surface area contributed by atoms with Crippen LogP contribution < -0.4 is 5.32 Å². The lowest BCUT2D eigenvalue weighted by molar-refractivity contribution is 0.334. The second kappa shape index (κ2) is 11.0. The van der Waals surface area contributed by atoms with Crippen molar-refractivity contribution in [3.8, 4) is 0 Å². The average molecular weight is 578 g/mol. The predicted octanol–water partition coefficient (Wildman–Crippen LogP) is 5.81. The molecule has 2 saturated carbocycles. The molecule has 0 radical (unpaired) electrons. The molecular formula is C31H43N7O2S. The summed E-state index contributed by atoms with van der Waals surface area (Å²) in [5, 5.41) is 4.59. The highest BCUT2D eigenvalue weighted by Gasteiger charge is 2.31. The van der Waals surface area contributed by atoms with E-state index in [1.54, 1.807) is 10.6 Å². The third kappa shape index (κ3) is 6.43. The minimum atomic E-state index is -3.28. The molecule has 2 fully saturated rings. The molecule has 2 atom stereocenters. The summed E-state index contributed by atoms with van der Waals surface area (Å²) >= 11 is 0. The van der Waals surface area contributed by atoms with Gasteiger partial charge in [0.15, 0.2) is 0 Å². The fraction of sp³-hybridized carbons (Fsp3) is 0.581. The van der Waals surface area contributed by atoms with Gasteiger partial charge in [-0.15, -0.1) is 0 Å². The van der Waals surface area contributed by atoms with Crippen molar-refractivity contribution >= 4 is 37.9 Å².